The Bertz CT molecular complexity index is 589. The van der Waals surface area contributed by atoms with Gasteiger partial charge in [0.15, 0.2) is 0 Å². The van der Waals surface area contributed by atoms with Crippen molar-refractivity contribution in [2.24, 2.45) is 0 Å². The molecular formula is C12H7BrClFN2O. The first-order chi connectivity index (χ1) is 8.56. The molecule has 1 heterocycles. The average Bonchev–Trinajstić information content (AvgIpc) is 2.35. The van der Waals surface area contributed by atoms with E-state index in [1.807, 2.05) is 0 Å². The molecule has 0 saturated carbocycles. The van der Waals surface area contributed by atoms with E-state index >= 15 is 0 Å². The summed E-state index contributed by atoms with van der Waals surface area (Å²) in [6, 6.07) is 7.47. The normalized spacial score (nSPS) is 10.2. The lowest BCUT2D eigenvalue weighted by atomic mass is 10.2. The Morgan fingerprint density at radius 1 is 1.33 bits per heavy atom. The van der Waals surface area contributed by atoms with E-state index in [4.69, 9.17) is 11.6 Å². The number of halogens is 3. The van der Waals surface area contributed by atoms with Gasteiger partial charge < -0.3 is 5.32 Å². The Kier molecular flexibility index (Phi) is 3.93. The van der Waals surface area contributed by atoms with Crippen LogP contribution in [0.15, 0.2) is 41.0 Å². The highest BCUT2D eigenvalue weighted by molar-refractivity contribution is 9.10. The molecule has 1 amide bonds. The first kappa shape index (κ1) is 13.0. The summed E-state index contributed by atoms with van der Waals surface area (Å²) in [5, 5.41) is 3.00. The van der Waals surface area contributed by atoms with Crippen molar-refractivity contribution in [2.45, 2.75) is 0 Å². The van der Waals surface area contributed by atoms with E-state index in [2.05, 4.69) is 26.2 Å². The fraction of sp³-hybridized carbons (Fsp3) is 0. The fourth-order valence-electron chi connectivity index (χ4n) is 1.30. The lowest BCUT2D eigenvalue weighted by Crippen LogP contribution is -2.13. The maximum atomic E-state index is 12.7. The highest BCUT2D eigenvalue weighted by atomic mass is 79.9. The van der Waals surface area contributed by atoms with E-state index in [0.717, 1.165) is 6.20 Å². The summed E-state index contributed by atoms with van der Waals surface area (Å²) in [7, 11) is 0. The highest BCUT2D eigenvalue weighted by Gasteiger charge is 2.11. The van der Waals surface area contributed by atoms with Crippen LogP contribution in [0, 0.1) is 5.82 Å². The molecule has 0 fully saturated rings. The summed E-state index contributed by atoms with van der Waals surface area (Å²) in [4.78, 5) is 15.7. The van der Waals surface area contributed by atoms with Crippen molar-refractivity contribution in [3.05, 3.63) is 57.4 Å². The number of benzene rings is 1. The van der Waals surface area contributed by atoms with E-state index in [9.17, 15) is 9.18 Å². The number of rotatable bonds is 2. The number of hydrogen-bond acceptors (Lipinski definition) is 2. The molecule has 2 rings (SSSR count). The third kappa shape index (κ3) is 3.05. The summed E-state index contributed by atoms with van der Waals surface area (Å²) in [6.45, 7) is 0. The lowest BCUT2D eigenvalue weighted by molar-refractivity contribution is 0.102. The first-order valence-electron chi connectivity index (χ1n) is 4.94. The summed E-state index contributed by atoms with van der Waals surface area (Å²) in [6.07, 6.45) is 1.03. The van der Waals surface area contributed by atoms with Crippen LogP contribution in [-0.4, -0.2) is 10.9 Å². The van der Waals surface area contributed by atoms with Gasteiger partial charge in [0.1, 0.15) is 11.6 Å². The molecular weight excluding hydrogens is 322 g/mol. The van der Waals surface area contributed by atoms with Crippen molar-refractivity contribution in [3.8, 4) is 0 Å². The molecule has 0 saturated heterocycles. The second-order valence-corrected chi connectivity index (χ2v) is 4.73. The van der Waals surface area contributed by atoms with Crippen molar-refractivity contribution in [3.63, 3.8) is 0 Å². The standard InChI is InChI=1S/C12H7BrClFN2O/c13-10-3-1-7(14)5-9(10)12(18)17-11-4-2-8(15)6-16-11/h1-6H,(H,16,17,18). The summed E-state index contributed by atoms with van der Waals surface area (Å²) in [5.74, 6) is -0.561. The number of pyridine rings is 1. The topological polar surface area (TPSA) is 42.0 Å². The van der Waals surface area contributed by atoms with Crippen LogP contribution in [-0.2, 0) is 0 Å². The molecule has 6 heteroatoms. The van der Waals surface area contributed by atoms with E-state index in [0.29, 0.717) is 15.1 Å². The first-order valence-corrected chi connectivity index (χ1v) is 6.11. The van der Waals surface area contributed by atoms with E-state index < -0.39 is 5.82 Å². The van der Waals surface area contributed by atoms with Gasteiger partial charge in [0.05, 0.1) is 11.8 Å². The highest BCUT2D eigenvalue weighted by Crippen LogP contribution is 2.22. The van der Waals surface area contributed by atoms with Gasteiger partial charge in [-0.05, 0) is 46.3 Å². The Morgan fingerprint density at radius 3 is 2.78 bits per heavy atom. The zero-order chi connectivity index (χ0) is 13.1. The third-order valence-electron chi connectivity index (χ3n) is 2.14. The molecule has 0 spiro atoms. The van der Waals surface area contributed by atoms with Gasteiger partial charge >= 0.3 is 0 Å². The number of amides is 1. The molecule has 0 aliphatic carbocycles. The molecule has 92 valence electrons. The number of nitrogens with zero attached hydrogens (tertiary/aromatic N) is 1. The quantitative estimate of drug-likeness (QED) is 0.908. The SMILES string of the molecule is O=C(Nc1ccc(F)cn1)c1cc(Cl)ccc1Br. The molecule has 1 aromatic carbocycles. The molecule has 1 N–H and O–H groups in total. The minimum Gasteiger partial charge on any atom is -0.307 e. The molecule has 0 unspecified atom stereocenters. The molecule has 1 aromatic heterocycles. The van der Waals surface area contributed by atoms with E-state index in [1.54, 1.807) is 12.1 Å². The molecule has 0 aliphatic heterocycles. The van der Waals surface area contributed by atoms with Crippen LogP contribution >= 0.6 is 27.5 Å². The monoisotopic (exact) mass is 328 g/mol. The summed E-state index contributed by atoms with van der Waals surface area (Å²) < 4.78 is 13.3. The van der Waals surface area contributed by atoms with Crippen LogP contribution in [0.3, 0.4) is 0 Å². The Balaban J connectivity index is 2.21. The minimum absolute atomic E-state index is 0.272. The van der Waals surface area contributed by atoms with Gasteiger partial charge in [0.25, 0.3) is 5.91 Å². The van der Waals surface area contributed by atoms with Gasteiger partial charge in [0, 0.05) is 9.50 Å². The Morgan fingerprint density at radius 2 is 2.11 bits per heavy atom. The number of nitrogens with one attached hydrogen (secondary N) is 1. The van der Waals surface area contributed by atoms with Crippen LogP contribution in [0.1, 0.15) is 10.4 Å². The third-order valence-corrected chi connectivity index (χ3v) is 3.07. The largest absolute Gasteiger partial charge is 0.307 e. The van der Waals surface area contributed by atoms with Gasteiger partial charge in [-0.2, -0.15) is 0 Å². The minimum atomic E-state index is -0.461. The maximum absolute atomic E-state index is 12.7. The van der Waals surface area contributed by atoms with Crippen molar-refractivity contribution >= 4 is 39.3 Å². The van der Waals surface area contributed by atoms with Gasteiger partial charge in [-0.25, -0.2) is 9.37 Å². The number of carbonyl (C=O) groups excluding carboxylic acids is 1. The fourth-order valence-corrected chi connectivity index (χ4v) is 1.90. The maximum Gasteiger partial charge on any atom is 0.258 e. The second-order valence-electron chi connectivity index (χ2n) is 3.44. The number of anilines is 1. The van der Waals surface area contributed by atoms with Crippen molar-refractivity contribution in [1.29, 1.82) is 0 Å². The molecule has 0 radical (unpaired) electrons. The molecule has 18 heavy (non-hydrogen) atoms. The molecule has 0 bridgehead atoms. The van der Waals surface area contributed by atoms with Crippen LogP contribution in [0.4, 0.5) is 10.2 Å². The van der Waals surface area contributed by atoms with Crippen LogP contribution in [0.5, 0.6) is 0 Å². The van der Waals surface area contributed by atoms with Gasteiger partial charge in [-0.15, -0.1) is 0 Å². The van der Waals surface area contributed by atoms with Gasteiger partial charge in [0.2, 0.25) is 0 Å². The lowest BCUT2D eigenvalue weighted by Gasteiger charge is -2.06. The Hall–Kier alpha value is -1.46. The van der Waals surface area contributed by atoms with Gasteiger partial charge in [-0.3, -0.25) is 4.79 Å². The van der Waals surface area contributed by atoms with Crippen molar-refractivity contribution in [2.75, 3.05) is 5.32 Å². The van der Waals surface area contributed by atoms with Crippen molar-refractivity contribution < 1.29 is 9.18 Å². The van der Waals surface area contributed by atoms with E-state index in [-0.39, 0.29) is 11.7 Å². The van der Waals surface area contributed by atoms with Crippen LogP contribution in [0.2, 0.25) is 5.02 Å². The Labute approximate surface area is 116 Å². The predicted octanol–water partition coefficient (Wildman–Crippen LogP) is 3.89. The zero-order valence-electron chi connectivity index (χ0n) is 8.95. The van der Waals surface area contributed by atoms with E-state index in [1.165, 1.54) is 18.2 Å². The zero-order valence-corrected chi connectivity index (χ0v) is 11.3. The smallest absolute Gasteiger partial charge is 0.258 e. The van der Waals surface area contributed by atoms with Gasteiger partial charge in [-0.1, -0.05) is 11.6 Å². The van der Waals surface area contributed by atoms with Crippen LogP contribution < -0.4 is 5.32 Å². The van der Waals surface area contributed by atoms with Crippen molar-refractivity contribution in [1.82, 2.24) is 4.98 Å². The van der Waals surface area contributed by atoms with Crippen LogP contribution in [0.25, 0.3) is 0 Å². The average molecular weight is 330 g/mol. The predicted molar refractivity (Wildman–Crippen MR) is 71.3 cm³/mol. The molecule has 3 nitrogen and oxygen atoms in total. The molecule has 0 aliphatic rings. The number of carbonyl (C=O) groups is 1. The number of hydrogen-bond donors (Lipinski definition) is 1. The second kappa shape index (κ2) is 5.46. The molecule has 2 aromatic rings. The number of aromatic nitrogens is 1. The summed E-state index contributed by atoms with van der Waals surface area (Å²) >= 11 is 9.07. The summed E-state index contributed by atoms with van der Waals surface area (Å²) in [5.41, 5.74) is 0.383. The molecule has 0 atom stereocenters.